The maximum atomic E-state index is 13.3. The number of halogens is 4. The van der Waals surface area contributed by atoms with E-state index >= 15 is 0 Å². The zero-order valence-electron chi connectivity index (χ0n) is 17.1. The van der Waals surface area contributed by atoms with E-state index in [-0.39, 0.29) is 22.0 Å². The lowest BCUT2D eigenvalue weighted by Crippen LogP contribution is -2.15. The van der Waals surface area contributed by atoms with Crippen molar-refractivity contribution in [1.82, 2.24) is 0 Å². The molecule has 168 valence electrons. The van der Waals surface area contributed by atoms with E-state index in [1.54, 1.807) is 0 Å². The van der Waals surface area contributed by atoms with Crippen molar-refractivity contribution in [2.75, 3.05) is 10.6 Å². The van der Waals surface area contributed by atoms with Gasteiger partial charge >= 0.3 is 6.18 Å². The van der Waals surface area contributed by atoms with Gasteiger partial charge < -0.3 is 15.7 Å². The number of hydrogen-bond acceptors (Lipinski definition) is 3. The lowest BCUT2D eigenvalue weighted by atomic mass is 10.0. The van der Waals surface area contributed by atoms with Crippen molar-refractivity contribution in [2.45, 2.75) is 12.7 Å². The van der Waals surface area contributed by atoms with Crippen LogP contribution in [-0.4, -0.2) is 11.0 Å². The van der Waals surface area contributed by atoms with Crippen LogP contribution in [0, 0.1) is 0 Å². The summed E-state index contributed by atoms with van der Waals surface area (Å²) in [6.07, 6.45) is -4.59. The molecule has 3 N–H and O–H groups in total. The molecule has 0 fully saturated rings. The van der Waals surface area contributed by atoms with Crippen LogP contribution in [-0.2, 0) is 12.7 Å². The zero-order chi connectivity index (χ0) is 23.6. The molecule has 0 unspecified atom stereocenters. The Morgan fingerprint density at radius 1 is 0.909 bits per heavy atom. The quantitative estimate of drug-likeness (QED) is 0.292. The molecule has 0 aliphatic heterocycles. The summed E-state index contributed by atoms with van der Waals surface area (Å²) in [5, 5.41) is 17.8. The van der Waals surface area contributed by atoms with Crippen LogP contribution in [0.15, 0.2) is 78.9 Å². The minimum atomic E-state index is -4.59. The minimum absolute atomic E-state index is 0.0746. The highest BCUT2D eigenvalue weighted by atomic mass is 35.5. The Balaban J connectivity index is 1.66. The Hall–Kier alpha value is -3.71. The normalized spacial score (nSPS) is 11.4. The zero-order valence-corrected chi connectivity index (χ0v) is 17.8. The molecule has 33 heavy (non-hydrogen) atoms. The first-order valence-electron chi connectivity index (χ1n) is 9.94. The highest BCUT2D eigenvalue weighted by Gasteiger charge is 2.31. The van der Waals surface area contributed by atoms with Crippen LogP contribution in [0.3, 0.4) is 0 Å². The Bertz CT molecular complexity index is 1330. The summed E-state index contributed by atoms with van der Waals surface area (Å²) in [5.41, 5.74) is 0.0988. The van der Waals surface area contributed by atoms with Crippen molar-refractivity contribution in [2.24, 2.45) is 0 Å². The van der Waals surface area contributed by atoms with Gasteiger partial charge in [-0.05, 0) is 52.7 Å². The molecular formula is C25H18ClF3N2O2. The van der Waals surface area contributed by atoms with Crippen molar-refractivity contribution < 1.29 is 23.1 Å². The third-order valence-electron chi connectivity index (χ3n) is 5.15. The van der Waals surface area contributed by atoms with Gasteiger partial charge in [-0.15, -0.1) is 0 Å². The molecule has 0 bridgehead atoms. The third kappa shape index (κ3) is 5.04. The standard InChI is InChI=1S/C25H18ClF3N2O2/c26-18-9-11-23(32)20(13-18)24(33)31-22-12-17(25(27,28)29)8-10-21(22)30-14-16-6-3-5-15-4-1-2-7-19(15)16/h1-13,30,32H,14H2,(H,31,33). The maximum absolute atomic E-state index is 13.3. The van der Waals surface area contributed by atoms with Gasteiger partial charge in [-0.3, -0.25) is 4.79 Å². The van der Waals surface area contributed by atoms with Crippen LogP contribution < -0.4 is 10.6 Å². The van der Waals surface area contributed by atoms with E-state index in [1.807, 2.05) is 42.5 Å². The molecule has 0 radical (unpaired) electrons. The van der Waals surface area contributed by atoms with Crippen LogP contribution in [0.1, 0.15) is 21.5 Å². The number of phenolic OH excluding ortho intramolecular Hbond substituents is 1. The van der Waals surface area contributed by atoms with Gasteiger partial charge in [0.2, 0.25) is 0 Å². The van der Waals surface area contributed by atoms with Gasteiger partial charge in [0, 0.05) is 11.6 Å². The Morgan fingerprint density at radius 2 is 1.67 bits per heavy atom. The number of amides is 1. The predicted octanol–water partition coefficient (Wildman–Crippen LogP) is 7.08. The number of alkyl halides is 3. The fraction of sp³-hybridized carbons (Fsp3) is 0.0800. The second-order valence-corrected chi connectivity index (χ2v) is 7.80. The number of fused-ring (bicyclic) bond motifs is 1. The maximum Gasteiger partial charge on any atom is 0.416 e. The summed E-state index contributed by atoms with van der Waals surface area (Å²) in [6, 6.07) is 20.5. The number of phenols is 1. The SMILES string of the molecule is O=C(Nc1cc(C(F)(F)F)ccc1NCc1cccc2ccccc12)c1cc(Cl)ccc1O. The molecule has 1 amide bonds. The predicted molar refractivity (Wildman–Crippen MR) is 124 cm³/mol. The van der Waals surface area contributed by atoms with Crippen molar-refractivity contribution in [3.05, 3.63) is 101 Å². The minimum Gasteiger partial charge on any atom is -0.507 e. The molecule has 4 nitrogen and oxygen atoms in total. The number of rotatable bonds is 5. The molecule has 0 saturated carbocycles. The van der Waals surface area contributed by atoms with Crippen molar-refractivity contribution in [1.29, 1.82) is 0 Å². The van der Waals surface area contributed by atoms with Crippen molar-refractivity contribution in [3.63, 3.8) is 0 Å². The van der Waals surface area contributed by atoms with Crippen LogP contribution in [0.2, 0.25) is 5.02 Å². The Morgan fingerprint density at radius 3 is 2.45 bits per heavy atom. The second-order valence-electron chi connectivity index (χ2n) is 7.37. The Kier molecular flexibility index (Phi) is 6.16. The lowest BCUT2D eigenvalue weighted by molar-refractivity contribution is -0.137. The number of carbonyl (C=O) groups excluding carboxylic acids is 1. The molecule has 4 rings (SSSR count). The number of nitrogens with one attached hydrogen (secondary N) is 2. The fourth-order valence-corrected chi connectivity index (χ4v) is 3.67. The molecule has 0 saturated heterocycles. The first-order chi connectivity index (χ1) is 15.7. The molecule has 0 atom stereocenters. The summed E-state index contributed by atoms with van der Waals surface area (Å²) in [7, 11) is 0. The summed E-state index contributed by atoms with van der Waals surface area (Å²) in [6.45, 7) is 0.317. The van der Waals surface area contributed by atoms with Gasteiger partial charge in [-0.1, -0.05) is 54.1 Å². The van der Waals surface area contributed by atoms with E-state index in [2.05, 4.69) is 10.6 Å². The van der Waals surface area contributed by atoms with Crippen molar-refractivity contribution >= 4 is 39.7 Å². The van der Waals surface area contributed by atoms with Crippen LogP contribution >= 0.6 is 11.6 Å². The van der Waals surface area contributed by atoms with Gasteiger partial charge in [0.05, 0.1) is 22.5 Å². The summed E-state index contributed by atoms with van der Waals surface area (Å²) < 4.78 is 39.9. The first kappa shape index (κ1) is 22.5. The largest absolute Gasteiger partial charge is 0.507 e. The van der Waals surface area contributed by atoms with E-state index in [4.69, 9.17) is 11.6 Å². The highest BCUT2D eigenvalue weighted by molar-refractivity contribution is 6.31. The Labute approximate surface area is 192 Å². The monoisotopic (exact) mass is 470 g/mol. The number of hydrogen-bond donors (Lipinski definition) is 3. The molecule has 0 aliphatic rings. The second kappa shape index (κ2) is 9.03. The van der Waals surface area contributed by atoms with Crippen LogP contribution in [0.4, 0.5) is 24.5 Å². The van der Waals surface area contributed by atoms with Crippen LogP contribution in [0.25, 0.3) is 10.8 Å². The van der Waals surface area contributed by atoms with E-state index in [9.17, 15) is 23.1 Å². The van der Waals surface area contributed by atoms with E-state index < -0.39 is 17.6 Å². The highest BCUT2D eigenvalue weighted by Crippen LogP contribution is 2.35. The van der Waals surface area contributed by atoms with E-state index in [0.29, 0.717) is 12.2 Å². The molecule has 0 aromatic heterocycles. The third-order valence-corrected chi connectivity index (χ3v) is 5.38. The number of aromatic hydroxyl groups is 1. The van der Waals surface area contributed by atoms with Gasteiger partial charge in [0.15, 0.2) is 0 Å². The van der Waals surface area contributed by atoms with E-state index in [1.165, 1.54) is 24.3 Å². The topological polar surface area (TPSA) is 61.4 Å². The summed E-state index contributed by atoms with van der Waals surface area (Å²) in [4.78, 5) is 12.7. The molecule has 0 spiro atoms. The first-order valence-corrected chi connectivity index (χ1v) is 10.3. The number of carbonyl (C=O) groups is 1. The van der Waals surface area contributed by atoms with Gasteiger partial charge in [-0.25, -0.2) is 0 Å². The van der Waals surface area contributed by atoms with Gasteiger partial charge in [0.25, 0.3) is 5.91 Å². The van der Waals surface area contributed by atoms with Gasteiger partial charge in [0.1, 0.15) is 5.75 Å². The molecule has 4 aromatic carbocycles. The van der Waals surface area contributed by atoms with E-state index in [0.717, 1.165) is 28.5 Å². The lowest BCUT2D eigenvalue weighted by Gasteiger charge is -2.17. The smallest absolute Gasteiger partial charge is 0.416 e. The van der Waals surface area contributed by atoms with Crippen LogP contribution in [0.5, 0.6) is 5.75 Å². The number of anilines is 2. The summed E-state index contributed by atoms with van der Waals surface area (Å²) in [5.74, 6) is -1.13. The average Bonchev–Trinajstić information content (AvgIpc) is 2.79. The molecular weight excluding hydrogens is 453 g/mol. The van der Waals surface area contributed by atoms with Gasteiger partial charge in [-0.2, -0.15) is 13.2 Å². The average molecular weight is 471 g/mol. The molecule has 0 heterocycles. The molecule has 4 aromatic rings. The fourth-order valence-electron chi connectivity index (χ4n) is 3.50. The summed E-state index contributed by atoms with van der Waals surface area (Å²) >= 11 is 5.89. The van der Waals surface area contributed by atoms with Crippen molar-refractivity contribution in [3.8, 4) is 5.75 Å². The molecule has 8 heteroatoms. The number of benzene rings is 4. The molecule has 0 aliphatic carbocycles.